The van der Waals surface area contributed by atoms with Gasteiger partial charge in [0.15, 0.2) is 0 Å². The lowest BCUT2D eigenvalue weighted by Crippen LogP contribution is -3.16. The number of hydrogen-bond acceptors (Lipinski definition) is 5. The first-order valence-electron chi connectivity index (χ1n) is 8.32. The van der Waals surface area contributed by atoms with Gasteiger partial charge in [-0.25, -0.2) is 4.79 Å². The van der Waals surface area contributed by atoms with Crippen LogP contribution in [0.2, 0.25) is 0 Å². The maximum absolute atomic E-state index is 11.6. The maximum Gasteiger partial charge on any atom is 0.410 e. The number of aliphatic hydroxyl groups is 1. The fourth-order valence-corrected chi connectivity index (χ4v) is 2.68. The molecule has 0 spiro atoms. The van der Waals surface area contributed by atoms with E-state index in [4.69, 9.17) is 14.2 Å². The predicted molar refractivity (Wildman–Crippen MR) is 88.7 cm³/mol. The summed E-state index contributed by atoms with van der Waals surface area (Å²) in [4.78, 5) is 14.6. The molecule has 0 saturated carbocycles. The molecule has 1 fully saturated rings. The van der Waals surface area contributed by atoms with Crippen LogP contribution in [0.5, 0.6) is 11.5 Å². The molecule has 1 aliphatic rings. The van der Waals surface area contributed by atoms with Gasteiger partial charge in [-0.3, -0.25) is 4.90 Å². The largest absolute Gasteiger partial charge is 1.00 e. The van der Waals surface area contributed by atoms with E-state index in [2.05, 4.69) is 0 Å². The number of nitrogens with one attached hydrogen (secondary N) is 1. The van der Waals surface area contributed by atoms with E-state index in [9.17, 15) is 9.90 Å². The number of quaternary nitrogens is 1. The van der Waals surface area contributed by atoms with Crippen molar-refractivity contribution in [3.05, 3.63) is 24.3 Å². The molecular weight excluding hydrogens is 348 g/mol. The van der Waals surface area contributed by atoms with Crippen molar-refractivity contribution in [3.63, 3.8) is 0 Å². The van der Waals surface area contributed by atoms with Crippen molar-refractivity contribution >= 4 is 6.09 Å². The minimum atomic E-state index is -0.545. The Labute approximate surface area is 154 Å². The third kappa shape index (κ3) is 6.97. The van der Waals surface area contributed by atoms with Crippen molar-refractivity contribution in [1.29, 1.82) is 0 Å². The summed E-state index contributed by atoms with van der Waals surface area (Å²) in [7, 11) is 1.62. The van der Waals surface area contributed by atoms with Crippen LogP contribution in [0.3, 0.4) is 0 Å². The number of halogens is 1. The number of amides is 1. The van der Waals surface area contributed by atoms with Crippen LogP contribution in [0.1, 0.15) is 6.92 Å². The van der Waals surface area contributed by atoms with Gasteiger partial charge in [0.2, 0.25) is 0 Å². The van der Waals surface area contributed by atoms with Gasteiger partial charge in [-0.15, -0.1) is 0 Å². The average molecular weight is 375 g/mol. The molecule has 25 heavy (non-hydrogen) atoms. The van der Waals surface area contributed by atoms with Crippen LogP contribution in [-0.4, -0.2) is 75.3 Å². The Kier molecular flexibility index (Phi) is 9.41. The molecular formula is C17H27ClN2O5. The third-order valence-electron chi connectivity index (χ3n) is 4.02. The van der Waals surface area contributed by atoms with Gasteiger partial charge in [-0.1, -0.05) is 0 Å². The highest BCUT2D eigenvalue weighted by molar-refractivity contribution is 5.67. The number of carbonyl (C=O) groups is 1. The summed E-state index contributed by atoms with van der Waals surface area (Å²) in [5.74, 6) is 1.48. The first-order valence-corrected chi connectivity index (χ1v) is 8.32. The van der Waals surface area contributed by atoms with Gasteiger partial charge < -0.3 is 36.6 Å². The van der Waals surface area contributed by atoms with Crippen molar-refractivity contribution in [2.75, 3.05) is 53.0 Å². The molecule has 1 aromatic carbocycles. The van der Waals surface area contributed by atoms with Gasteiger partial charge in [0.25, 0.3) is 0 Å². The molecule has 142 valence electrons. The SMILES string of the molecule is CCOC(=O)N1CC[NH+](CC(O)COc2ccc(OC)cc2)CC1.[Cl-]. The third-order valence-corrected chi connectivity index (χ3v) is 4.02. The summed E-state index contributed by atoms with van der Waals surface area (Å²) in [6, 6.07) is 7.27. The Morgan fingerprint density at radius 3 is 2.40 bits per heavy atom. The van der Waals surface area contributed by atoms with Gasteiger partial charge >= 0.3 is 6.09 Å². The number of piperazine rings is 1. The summed E-state index contributed by atoms with van der Waals surface area (Å²) in [6.07, 6.45) is -0.795. The first kappa shape index (κ1) is 21.3. The van der Waals surface area contributed by atoms with Crippen LogP contribution in [-0.2, 0) is 4.74 Å². The number of hydrogen-bond donors (Lipinski definition) is 2. The van der Waals surface area contributed by atoms with Gasteiger partial charge in [-0.05, 0) is 31.2 Å². The highest BCUT2D eigenvalue weighted by atomic mass is 35.5. The van der Waals surface area contributed by atoms with Crippen LogP contribution in [0.15, 0.2) is 24.3 Å². The van der Waals surface area contributed by atoms with Crippen molar-refractivity contribution in [1.82, 2.24) is 4.90 Å². The number of nitrogens with zero attached hydrogens (tertiary/aromatic N) is 1. The number of methoxy groups -OCH3 is 1. The summed E-state index contributed by atoms with van der Waals surface area (Å²) in [5.41, 5.74) is 0. The Balaban J connectivity index is 0.00000312. The summed E-state index contributed by atoms with van der Waals surface area (Å²) < 4.78 is 15.7. The van der Waals surface area contributed by atoms with Crippen LogP contribution in [0.4, 0.5) is 4.79 Å². The van der Waals surface area contributed by atoms with Crippen molar-refractivity contribution in [3.8, 4) is 11.5 Å². The molecule has 0 radical (unpaired) electrons. The number of aliphatic hydroxyl groups excluding tert-OH is 1. The number of ether oxygens (including phenoxy) is 3. The number of benzene rings is 1. The van der Waals surface area contributed by atoms with Crippen LogP contribution in [0.25, 0.3) is 0 Å². The minimum absolute atomic E-state index is 0. The van der Waals surface area contributed by atoms with E-state index in [0.717, 1.165) is 18.8 Å². The summed E-state index contributed by atoms with van der Waals surface area (Å²) in [5, 5.41) is 10.1. The molecule has 1 unspecified atom stereocenters. The lowest BCUT2D eigenvalue weighted by atomic mass is 10.2. The van der Waals surface area contributed by atoms with Crippen molar-refractivity contribution in [2.45, 2.75) is 13.0 Å². The molecule has 7 nitrogen and oxygen atoms in total. The predicted octanol–water partition coefficient (Wildman–Crippen LogP) is -3.20. The smallest absolute Gasteiger partial charge is 0.410 e. The van der Waals surface area contributed by atoms with Crippen LogP contribution >= 0.6 is 0 Å². The number of carbonyl (C=O) groups excluding carboxylic acids is 1. The van der Waals surface area contributed by atoms with Gasteiger partial charge in [0, 0.05) is 0 Å². The second-order valence-electron chi connectivity index (χ2n) is 5.78. The second-order valence-corrected chi connectivity index (χ2v) is 5.78. The van der Waals surface area contributed by atoms with Gasteiger partial charge in [0.05, 0.1) is 39.9 Å². The lowest BCUT2D eigenvalue weighted by Gasteiger charge is -2.32. The summed E-state index contributed by atoms with van der Waals surface area (Å²) in [6.45, 7) is 5.97. The van der Waals surface area contributed by atoms with Gasteiger partial charge in [0.1, 0.15) is 30.8 Å². The molecule has 1 saturated heterocycles. The maximum atomic E-state index is 11.6. The molecule has 1 aliphatic heterocycles. The molecule has 0 aromatic heterocycles. The zero-order chi connectivity index (χ0) is 17.4. The fraction of sp³-hybridized carbons (Fsp3) is 0.588. The van der Waals surface area contributed by atoms with E-state index >= 15 is 0 Å². The van der Waals surface area contributed by atoms with Crippen molar-refractivity contribution < 1.29 is 41.4 Å². The molecule has 0 bridgehead atoms. The minimum Gasteiger partial charge on any atom is -1.00 e. The average Bonchev–Trinajstić information content (AvgIpc) is 2.61. The molecule has 0 aliphatic carbocycles. The van der Waals surface area contributed by atoms with E-state index in [1.807, 2.05) is 24.3 Å². The number of rotatable bonds is 7. The summed E-state index contributed by atoms with van der Waals surface area (Å²) >= 11 is 0. The van der Waals surface area contributed by atoms with Crippen molar-refractivity contribution in [2.24, 2.45) is 0 Å². The zero-order valence-corrected chi connectivity index (χ0v) is 15.5. The second kappa shape index (κ2) is 11.0. The highest BCUT2D eigenvalue weighted by Crippen LogP contribution is 2.16. The van der Waals surface area contributed by atoms with Crippen LogP contribution in [0, 0.1) is 0 Å². The zero-order valence-electron chi connectivity index (χ0n) is 14.7. The Morgan fingerprint density at radius 2 is 1.84 bits per heavy atom. The molecule has 2 rings (SSSR count). The van der Waals surface area contributed by atoms with E-state index in [1.54, 1.807) is 18.9 Å². The van der Waals surface area contributed by atoms with E-state index in [0.29, 0.717) is 32.0 Å². The molecule has 1 aromatic rings. The lowest BCUT2D eigenvalue weighted by molar-refractivity contribution is -0.907. The van der Waals surface area contributed by atoms with E-state index in [1.165, 1.54) is 4.90 Å². The molecule has 2 N–H and O–H groups in total. The quantitative estimate of drug-likeness (QED) is 0.526. The monoisotopic (exact) mass is 374 g/mol. The van der Waals surface area contributed by atoms with Crippen LogP contribution < -0.4 is 26.8 Å². The topological polar surface area (TPSA) is 72.7 Å². The normalized spacial score (nSPS) is 15.9. The Bertz CT molecular complexity index is 506. The Hall–Kier alpha value is -1.70. The molecule has 1 atom stereocenters. The molecule has 1 amide bonds. The molecule has 8 heteroatoms. The van der Waals surface area contributed by atoms with E-state index < -0.39 is 6.10 Å². The first-order chi connectivity index (χ1) is 11.6. The van der Waals surface area contributed by atoms with E-state index in [-0.39, 0.29) is 25.1 Å². The fourth-order valence-electron chi connectivity index (χ4n) is 2.68. The Morgan fingerprint density at radius 1 is 1.24 bits per heavy atom. The highest BCUT2D eigenvalue weighted by Gasteiger charge is 2.26. The van der Waals surface area contributed by atoms with Gasteiger partial charge in [-0.2, -0.15) is 0 Å². The standard InChI is InChI=1S/C17H26N2O5.ClH/c1-3-23-17(21)19-10-8-18(9-11-19)12-14(20)13-24-16-6-4-15(22-2)5-7-16;/h4-7,14,20H,3,8-13H2,1-2H3;1H. The molecule has 1 heterocycles.